The minimum Gasteiger partial charge on any atom is -0.370 e. The summed E-state index contributed by atoms with van der Waals surface area (Å²) in [5.74, 6) is 1.18. The van der Waals surface area contributed by atoms with Crippen LogP contribution >= 0.6 is 11.8 Å². The first-order chi connectivity index (χ1) is 11.2. The van der Waals surface area contributed by atoms with Crippen molar-refractivity contribution < 1.29 is 4.74 Å². The number of benzene rings is 2. The van der Waals surface area contributed by atoms with E-state index in [0.717, 1.165) is 6.54 Å². The summed E-state index contributed by atoms with van der Waals surface area (Å²) < 4.78 is 6.15. The molecule has 0 saturated heterocycles. The van der Waals surface area contributed by atoms with Crippen LogP contribution in [0.1, 0.15) is 43.5 Å². The first-order valence-corrected chi connectivity index (χ1v) is 9.38. The predicted molar refractivity (Wildman–Crippen MR) is 97.9 cm³/mol. The van der Waals surface area contributed by atoms with Crippen LogP contribution in [-0.4, -0.2) is 18.4 Å². The average Bonchev–Trinajstić information content (AvgIpc) is 2.59. The van der Waals surface area contributed by atoms with Crippen molar-refractivity contribution in [3.8, 4) is 0 Å². The van der Waals surface area contributed by atoms with E-state index < -0.39 is 0 Å². The van der Waals surface area contributed by atoms with Crippen molar-refractivity contribution in [1.82, 2.24) is 5.32 Å². The van der Waals surface area contributed by atoms with Crippen LogP contribution in [0.4, 0.5) is 0 Å². The zero-order valence-electron chi connectivity index (χ0n) is 13.9. The third-order valence-corrected chi connectivity index (χ3v) is 5.24. The molecule has 2 atom stereocenters. The van der Waals surface area contributed by atoms with E-state index in [1.54, 1.807) is 0 Å². The van der Waals surface area contributed by atoms with Crippen LogP contribution in [0.25, 0.3) is 0 Å². The lowest BCUT2D eigenvalue weighted by atomic mass is 10.0. The molecule has 2 aromatic carbocycles. The van der Waals surface area contributed by atoms with Gasteiger partial charge in [-0.1, -0.05) is 48.5 Å². The number of nitrogens with one attached hydrogen (secondary N) is 1. The first-order valence-electron chi connectivity index (χ1n) is 8.39. The predicted octanol–water partition coefficient (Wildman–Crippen LogP) is 4.98. The zero-order chi connectivity index (χ0) is 16.1. The monoisotopic (exact) mass is 327 g/mol. The summed E-state index contributed by atoms with van der Waals surface area (Å²) >= 11 is 1.96. The molecular weight excluding hydrogens is 302 g/mol. The maximum atomic E-state index is 6.15. The molecule has 0 radical (unpaired) electrons. The molecule has 3 heteroatoms. The van der Waals surface area contributed by atoms with Gasteiger partial charge in [0.1, 0.15) is 0 Å². The number of ether oxygens (including phenoxy) is 1. The molecule has 122 valence electrons. The molecule has 0 aromatic heterocycles. The molecule has 2 nitrogen and oxygen atoms in total. The summed E-state index contributed by atoms with van der Waals surface area (Å²) in [6.07, 6.45) is 1.49. The maximum Gasteiger partial charge on any atom is 0.0952 e. The van der Waals surface area contributed by atoms with Crippen LogP contribution in [0, 0.1) is 0 Å². The second kappa shape index (κ2) is 8.00. The maximum absolute atomic E-state index is 6.15. The summed E-state index contributed by atoms with van der Waals surface area (Å²) in [4.78, 5) is 1.41. The molecule has 0 saturated carbocycles. The van der Waals surface area contributed by atoms with E-state index in [1.807, 2.05) is 11.8 Å². The highest BCUT2D eigenvalue weighted by molar-refractivity contribution is 7.99. The Kier molecular flexibility index (Phi) is 5.76. The molecule has 2 unspecified atom stereocenters. The lowest BCUT2D eigenvalue weighted by molar-refractivity contribution is 0.00552. The van der Waals surface area contributed by atoms with Crippen molar-refractivity contribution >= 4 is 11.8 Å². The molecule has 1 aliphatic rings. The van der Waals surface area contributed by atoms with Crippen LogP contribution in [0.15, 0.2) is 59.5 Å². The number of hydrogen-bond acceptors (Lipinski definition) is 3. The van der Waals surface area contributed by atoms with E-state index in [9.17, 15) is 0 Å². The normalized spacial score (nSPS) is 18.7. The van der Waals surface area contributed by atoms with E-state index >= 15 is 0 Å². The second-order valence-electron chi connectivity index (χ2n) is 6.22. The van der Waals surface area contributed by atoms with Crippen molar-refractivity contribution in [3.05, 3.63) is 65.7 Å². The van der Waals surface area contributed by atoms with Gasteiger partial charge in [0.05, 0.1) is 12.2 Å². The van der Waals surface area contributed by atoms with Gasteiger partial charge in [0.15, 0.2) is 0 Å². The Morgan fingerprint density at radius 2 is 1.83 bits per heavy atom. The Hall–Kier alpha value is -1.29. The molecule has 0 amide bonds. The molecule has 0 fully saturated rings. The molecule has 0 spiro atoms. The topological polar surface area (TPSA) is 21.3 Å². The fraction of sp³-hybridized carbons (Fsp3) is 0.400. The lowest BCUT2D eigenvalue weighted by Crippen LogP contribution is -2.30. The Morgan fingerprint density at radius 1 is 1.09 bits per heavy atom. The quantitative estimate of drug-likeness (QED) is 0.808. The van der Waals surface area contributed by atoms with E-state index in [0.29, 0.717) is 6.04 Å². The van der Waals surface area contributed by atoms with Gasteiger partial charge in [0, 0.05) is 17.5 Å². The van der Waals surface area contributed by atoms with Crippen molar-refractivity contribution in [1.29, 1.82) is 0 Å². The van der Waals surface area contributed by atoms with Gasteiger partial charge in [0.25, 0.3) is 0 Å². The van der Waals surface area contributed by atoms with Crippen LogP contribution < -0.4 is 5.32 Å². The molecule has 1 aliphatic heterocycles. The number of hydrogen-bond donors (Lipinski definition) is 1. The Morgan fingerprint density at radius 3 is 2.61 bits per heavy atom. The van der Waals surface area contributed by atoms with E-state index in [1.165, 1.54) is 28.2 Å². The summed E-state index contributed by atoms with van der Waals surface area (Å²) in [5.41, 5.74) is 2.67. The largest absolute Gasteiger partial charge is 0.370 e. The third-order valence-electron chi connectivity index (χ3n) is 4.12. The fourth-order valence-corrected chi connectivity index (χ4v) is 4.17. The third kappa shape index (κ3) is 4.37. The molecule has 1 heterocycles. The molecule has 23 heavy (non-hydrogen) atoms. The Labute approximate surface area is 143 Å². The van der Waals surface area contributed by atoms with E-state index in [-0.39, 0.29) is 12.2 Å². The summed E-state index contributed by atoms with van der Waals surface area (Å²) in [6.45, 7) is 5.04. The van der Waals surface area contributed by atoms with Gasteiger partial charge < -0.3 is 10.1 Å². The van der Waals surface area contributed by atoms with Crippen LogP contribution in [0.5, 0.6) is 0 Å². The highest BCUT2D eigenvalue weighted by Crippen LogP contribution is 2.36. The number of fused-ring (bicyclic) bond motifs is 1. The van der Waals surface area contributed by atoms with E-state index in [4.69, 9.17) is 4.74 Å². The van der Waals surface area contributed by atoms with Gasteiger partial charge in [-0.25, -0.2) is 0 Å². The standard InChI is InChI=1S/C20H25NOS/c1-15(2)22-19(16-8-4-3-5-9-16)14-21-18-12-13-23-20-11-7-6-10-17(18)20/h3-11,15,18-19,21H,12-14H2,1-2H3. The molecule has 0 aliphatic carbocycles. The first kappa shape index (κ1) is 16.6. The van der Waals surface area contributed by atoms with Gasteiger partial charge in [-0.05, 0) is 43.2 Å². The van der Waals surface area contributed by atoms with Crippen LogP contribution in [0.2, 0.25) is 0 Å². The summed E-state index contributed by atoms with van der Waals surface area (Å²) in [7, 11) is 0. The fourth-order valence-electron chi connectivity index (χ4n) is 3.04. The molecular formula is C20H25NOS. The Bertz CT molecular complexity index is 614. The van der Waals surface area contributed by atoms with Gasteiger partial charge in [0.2, 0.25) is 0 Å². The van der Waals surface area contributed by atoms with Gasteiger partial charge >= 0.3 is 0 Å². The van der Waals surface area contributed by atoms with Crippen molar-refractivity contribution in [2.75, 3.05) is 12.3 Å². The smallest absolute Gasteiger partial charge is 0.0952 e. The number of rotatable bonds is 6. The average molecular weight is 327 g/mol. The molecule has 2 aromatic rings. The molecule has 0 bridgehead atoms. The Balaban J connectivity index is 1.70. The van der Waals surface area contributed by atoms with Gasteiger partial charge in [-0.15, -0.1) is 11.8 Å². The summed E-state index contributed by atoms with van der Waals surface area (Å²) in [5, 5.41) is 3.74. The van der Waals surface area contributed by atoms with Crippen molar-refractivity contribution in [2.24, 2.45) is 0 Å². The van der Waals surface area contributed by atoms with E-state index in [2.05, 4.69) is 73.8 Å². The molecule has 1 N–H and O–H groups in total. The minimum atomic E-state index is 0.0953. The highest BCUT2D eigenvalue weighted by Gasteiger charge is 2.22. The number of thioether (sulfide) groups is 1. The zero-order valence-corrected chi connectivity index (χ0v) is 14.7. The van der Waals surface area contributed by atoms with Gasteiger partial charge in [-0.3, -0.25) is 0 Å². The lowest BCUT2D eigenvalue weighted by Gasteiger charge is -2.29. The second-order valence-corrected chi connectivity index (χ2v) is 7.36. The highest BCUT2D eigenvalue weighted by atomic mass is 32.2. The minimum absolute atomic E-state index is 0.0953. The SMILES string of the molecule is CC(C)OC(CNC1CCSc2ccccc21)c1ccccc1. The van der Waals surface area contributed by atoms with Crippen LogP contribution in [0.3, 0.4) is 0 Å². The molecule has 3 rings (SSSR count). The van der Waals surface area contributed by atoms with Gasteiger partial charge in [-0.2, -0.15) is 0 Å². The van der Waals surface area contributed by atoms with Crippen molar-refractivity contribution in [2.45, 2.75) is 43.4 Å². The van der Waals surface area contributed by atoms with Crippen molar-refractivity contribution in [3.63, 3.8) is 0 Å². The summed E-state index contributed by atoms with van der Waals surface area (Å²) in [6, 6.07) is 19.7. The van der Waals surface area contributed by atoms with Crippen LogP contribution in [-0.2, 0) is 4.74 Å².